The zero-order valence-corrected chi connectivity index (χ0v) is 18.2. The van der Waals surface area contributed by atoms with Crippen LogP contribution < -0.4 is 11.2 Å². The molecule has 2 fully saturated rings. The highest BCUT2D eigenvalue weighted by Crippen LogP contribution is 2.67. The Balaban J connectivity index is 1.61. The van der Waals surface area contributed by atoms with Gasteiger partial charge in [0, 0.05) is 12.3 Å². The molecule has 0 radical (unpaired) electrons. The number of H-pyrrole nitrogens is 1. The smallest absolute Gasteiger partial charge is 0.416 e. The van der Waals surface area contributed by atoms with Gasteiger partial charge in [-0.3, -0.25) is 28.2 Å². The number of halogens is 2. The molecular formula is C16H21F2N2O9PS. The Morgan fingerprint density at radius 1 is 1.48 bits per heavy atom. The first-order chi connectivity index (χ1) is 14.6. The summed E-state index contributed by atoms with van der Waals surface area (Å²) >= 11 is 0.273. The van der Waals surface area contributed by atoms with Crippen molar-refractivity contribution >= 4 is 24.4 Å². The van der Waals surface area contributed by atoms with E-state index in [9.17, 15) is 27.7 Å². The van der Waals surface area contributed by atoms with Gasteiger partial charge in [-0.05, 0) is 13.3 Å². The molecule has 0 aliphatic carbocycles. The molecule has 5 atom stereocenters. The fraction of sp³-hybridized carbons (Fsp3) is 0.688. The van der Waals surface area contributed by atoms with E-state index in [1.165, 1.54) is 0 Å². The molecule has 3 rings (SSSR count). The maximum absolute atomic E-state index is 14.9. The van der Waals surface area contributed by atoms with E-state index in [1.807, 2.05) is 4.98 Å². The lowest BCUT2D eigenvalue weighted by Crippen LogP contribution is -2.45. The van der Waals surface area contributed by atoms with Crippen LogP contribution in [-0.2, 0) is 32.1 Å². The van der Waals surface area contributed by atoms with Crippen molar-refractivity contribution in [3.63, 3.8) is 0 Å². The largest absolute Gasteiger partial charge is 0.466 e. The standard InChI is InChI=1S/C16H21F2N2O9PS/c1-3-25-13(22)9(2)5-7-27-31-30(24)26-8-10-12(29-30)16(17,18)14(28-10)20-6-4-11(21)19-15(20)23/h4,6,9-10,12,14H,3,5,7-8H2,1-2H3,(H,19,21,23)/t9-,10-,12-,14-,30?/m1/s1. The fourth-order valence-corrected chi connectivity index (χ4v) is 5.58. The average Bonchev–Trinajstić information content (AvgIpc) is 2.95. The number of esters is 1. The minimum atomic E-state index is -4.12. The number of alkyl halides is 2. The number of nitrogens with one attached hydrogen (secondary N) is 1. The van der Waals surface area contributed by atoms with Crippen molar-refractivity contribution in [3.8, 4) is 0 Å². The van der Waals surface area contributed by atoms with Crippen LogP contribution in [0.2, 0.25) is 0 Å². The molecule has 2 aliphatic rings. The number of ether oxygens (including phenoxy) is 2. The van der Waals surface area contributed by atoms with Crippen LogP contribution in [0.15, 0.2) is 21.9 Å². The molecule has 1 unspecified atom stereocenters. The molecule has 0 amide bonds. The van der Waals surface area contributed by atoms with E-state index >= 15 is 0 Å². The number of aromatic nitrogens is 2. The van der Waals surface area contributed by atoms with Gasteiger partial charge in [0.25, 0.3) is 5.56 Å². The van der Waals surface area contributed by atoms with Gasteiger partial charge < -0.3 is 13.7 Å². The Morgan fingerprint density at radius 3 is 2.90 bits per heavy atom. The van der Waals surface area contributed by atoms with Gasteiger partial charge in [0.05, 0.1) is 25.7 Å². The van der Waals surface area contributed by atoms with E-state index in [0.717, 1.165) is 12.3 Å². The molecule has 1 aromatic rings. The van der Waals surface area contributed by atoms with Crippen molar-refractivity contribution in [2.75, 3.05) is 19.8 Å². The topological polar surface area (TPSA) is 135 Å². The van der Waals surface area contributed by atoms with Gasteiger partial charge in [-0.2, -0.15) is 8.78 Å². The first-order valence-corrected chi connectivity index (χ1v) is 12.2. The molecule has 1 N–H and O–H groups in total. The van der Waals surface area contributed by atoms with E-state index in [1.54, 1.807) is 13.8 Å². The van der Waals surface area contributed by atoms with Crippen molar-refractivity contribution < 1.29 is 40.8 Å². The summed E-state index contributed by atoms with van der Waals surface area (Å²) in [5.74, 6) is -4.64. The maximum atomic E-state index is 14.9. The van der Waals surface area contributed by atoms with E-state index in [4.69, 9.17) is 22.7 Å². The van der Waals surface area contributed by atoms with E-state index in [-0.39, 0.29) is 31.3 Å². The lowest BCUT2D eigenvalue weighted by atomic mass is 10.1. The predicted octanol–water partition coefficient (Wildman–Crippen LogP) is 1.85. The van der Waals surface area contributed by atoms with E-state index in [2.05, 4.69) is 0 Å². The van der Waals surface area contributed by atoms with Crippen LogP contribution in [0, 0.1) is 5.92 Å². The number of aromatic amines is 1. The second-order valence-electron chi connectivity index (χ2n) is 6.83. The van der Waals surface area contributed by atoms with E-state index in [0.29, 0.717) is 4.57 Å². The van der Waals surface area contributed by atoms with Crippen LogP contribution in [0.25, 0.3) is 0 Å². The predicted molar refractivity (Wildman–Crippen MR) is 103 cm³/mol. The van der Waals surface area contributed by atoms with Crippen molar-refractivity contribution in [3.05, 3.63) is 33.1 Å². The Kier molecular flexibility index (Phi) is 7.39. The number of carbonyl (C=O) groups excluding carboxylic acids is 1. The molecule has 0 aromatic carbocycles. The highest BCUT2D eigenvalue weighted by atomic mass is 32.7. The first-order valence-electron chi connectivity index (χ1n) is 9.33. The number of carbonyl (C=O) groups is 1. The van der Waals surface area contributed by atoms with Gasteiger partial charge >= 0.3 is 24.4 Å². The maximum Gasteiger partial charge on any atom is 0.416 e. The minimum absolute atomic E-state index is 0.0300. The second-order valence-corrected chi connectivity index (χ2v) is 10.4. The highest BCUT2D eigenvalue weighted by Gasteiger charge is 2.65. The molecule has 174 valence electrons. The Bertz CT molecular complexity index is 971. The molecule has 3 heterocycles. The number of hydrogen-bond donors (Lipinski definition) is 1. The third kappa shape index (κ3) is 5.26. The zero-order chi connectivity index (χ0) is 22.8. The van der Waals surface area contributed by atoms with Crippen LogP contribution in [-0.4, -0.2) is 53.5 Å². The minimum Gasteiger partial charge on any atom is -0.466 e. The number of fused-ring (bicyclic) bond motifs is 1. The summed E-state index contributed by atoms with van der Waals surface area (Å²) in [7, 11) is 0. The number of nitrogens with zero attached hydrogens (tertiary/aromatic N) is 1. The van der Waals surface area contributed by atoms with Crippen molar-refractivity contribution in [1.29, 1.82) is 0 Å². The third-order valence-electron chi connectivity index (χ3n) is 4.56. The lowest BCUT2D eigenvalue weighted by molar-refractivity contribution is -0.147. The van der Waals surface area contributed by atoms with Crippen molar-refractivity contribution in [2.24, 2.45) is 5.92 Å². The Hall–Kier alpha value is -1.57. The molecule has 11 nitrogen and oxygen atoms in total. The molecule has 0 spiro atoms. The highest BCUT2D eigenvalue weighted by molar-refractivity contribution is 8.52. The Labute approximate surface area is 178 Å². The molecule has 2 aliphatic heterocycles. The van der Waals surface area contributed by atoms with Gasteiger partial charge in [-0.1, -0.05) is 6.92 Å². The molecule has 31 heavy (non-hydrogen) atoms. The fourth-order valence-electron chi connectivity index (χ4n) is 2.95. The number of rotatable bonds is 8. The molecule has 1 aromatic heterocycles. The van der Waals surface area contributed by atoms with Crippen LogP contribution in [0.1, 0.15) is 26.5 Å². The monoisotopic (exact) mass is 486 g/mol. The zero-order valence-electron chi connectivity index (χ0n) is 16.5. The summed E-state index contributed by atoms with van der Waals surface area (Å²) in [6.07, 6.45) is -4.23. The summed E-state index contributed by atoms with van der Waals surface area (Å²) in [5, 5.41) is 0. The van der Waals surface area contributed by atoms with Crippen LogP contribution >= 0.6 is 18.5 Å². The average molecular weight is 486 g/mol. The summed E-state index contributed by atoms with van der Waals surface area (Å²) in [6.45, 7) is -1.10. The second kappa shape index (κ2) is 9.51. The summed E-state index contributed by atoms with van der Waals surface area (Å²) in [5.41, 5.74) is -1.84. The summed E-state index contributed by atoms with van der Waals surface area (Å²) in [6, 6.07) is 0.895. The molecular weight excluding hydrogens is 465 g/mol. The third-order valence-corrected chi connectivity index (χ3v) is 7.40. The van der Waals surface area contributed by atoms with Gasteiger partial charge in [-0.15, -0.1) is 0 Å². The lowest BCUT2D eigenvalue weighted by Gasteiger charge is -2.31. The molecule has 0 saturated carbocycles. The van der Waals surface area contributed by atoms with Crippen LogP contribution in [0.5, 0.6) is 0 Å². The van der Waals surface area contributed by atoms with Crippen molar-refractivity contribution in [1.82, 2.24) is 9.55 Å². The quantitative estimate of drug-likeness (QED) is 0.251. The summed E-state index contributed by atoms with van der Waals surface area (Å²) in [4.78, 5) is 36.5. The SMILES string of the molecule is CCOC(=O)[C@H](C)CCOSP1(=O)OC[C@H]2O[C@@H](n3ccc(=O)[nH]c3=O)C(F)(F)[C@@H]2O1. The van der Waals surface area contributed by atoms with Gasteiger partial charge in [0.1, 0.15) is 17.8 Å². The van der Waals surface area contributed by atoms with Gasteiger partial charge in [0.2, 0.25) is 6.23 Å². The molecule has 15 heteroatoms. The van der Waals surface area contributed by atoms with Crippen molar-refractivity contribution in [2.45, 2.75) is 44.6 Å². The summed E-state index contributed by atoms with van der Waals surface area (Å²) < 4.78 is 68.4. The molecule has 2 saturated heterocycles. The van der Waals surface area contributed by atoms with E-state index < -0.39 is 60.9 Å². The first kappa shape index (κ1) is 24.1. The van der Waals surface area contributed by atoms with Gasteiger partial charge in [-0.25, -0.2) is 9.36 Å². The van der Waals surface area contributed by atoms with Crippen LogP contribution in [0.3, 0.4) is 0 Å². The number of hydrogen-bond acceptors (Lipinski definition) is 10. The van der Waals surface area contributed by atoms with Crippen LogP contribution in [0.4, 0.5) is 8.78 Å². The normalized spacial score (nSPS) is 30.5. The Morgan fingerprint density at radius 2 is 2.23 bits per heavy atom. The van der Waals surface area contributed by atoms with Gasteiger partial charge in [0.15, 0.2) is 6.10 Å². The molecule has 0 bridgehead atoms.